The number of rotatable bonds is 6. The van der Waals surface area contributed by atoms with Crippen LogP contribution in [0.5, 0.6) is 0 Å². The molecule has 6 heterocycles. The van der Waals surface area contributed by atoms with Gasteiger partial charge in [0.25, 0.3) is 0 Å². The van der Waals surface area contributed by atoms with E-state index in [0.29, 0.717) is 12.5 Å². The molecule has 0 bridgehead atoms. The molecule has 1 aliphatic rings. The second-order valence-electron chi connectivity index (χ2n) is 11.7. The number of aromatic nitrogens is 7. The largest absolute Gasteiger partial charge is 0.351 e. The monoisotopic (exact) mass is 523 g/mol. The Morgan fingerprint density at radius 1 is 0.872 bits per heavy atom. The third-order valence-corrected chi connectivity index (χ3v) is 7.87. The first kappa shape index (κ1) is 25.4. The Kier molecular flexibility index (Phi) is 6.33. The molecule has 0 aromatic carbocycles. The average molecular weight is 524 g/mol. The Labute approximate surface area is 229 Å². The van der Waals surface area contributed by atoms with Crippen molar-refractivity contribution in [2.24, 2.45) is 7.05 Å². The summed E-state index contributed by atoms with van der Waals surface area (Å²) in [5.41, 5.74) is 7.59. The molecule has 9 nitrogen and oxygen atoms in total. The fourth-order valence-electron chi connectivity index (χ4n) is 5.40. The highest BCUT2D eigenvalue weighted by Crippen LogP contribution is 2.33. The molecule has 0 amide bonds. The summed E-state index contributed by atoms with van der Waals surface area (Å²) in [5, 5.41) is 9.97. The summed E-state index contributed by atoms with van der Waals surface area (Å²) in [7, 11) is 4.17. The zero-order chi connectivity index (χ0) is 27.3. The third-order valence-electron chi connectivity index (χ3n) is 7.87. The van der Waals surface area contributed by atoms with Crippen molar-refractivity contribution in [1.29, 1.82) is 0 Å². The molecule has 0 aliphatic carbocycles. The first-order valence-corrected chi connectivity index (χ1v) is 13.8. The second-order valence-corrected chi connectivity index (χ2v) is 11.7. The van der Waals surface area contributed by atoms with Crippen molar-refractivity contribution in [2.75, 3.05) is 38.1 Å². The molecule has 0 spiro atoms. The van der Waals surface area contributed by atoms with Gasteiger partial charge in [0.2, 0.25) is 0 Å². The molecule has 202 valence electrons. The van der Waals surface area contributed by atoms with Gasteiger partial charge in [0, 0.05) is 68.0 Å². The van der Waals surface area contributed by atoms with Gasteiger partial charge in [-0.3, -0.25) is 14.3 Å². The molecule has 39 heavy (non-hydrogen) atoms. The third kappa shape index (κ3) is 4.65. The Hall–Kier alpha value is -3.85. The van der Waals surface area contributed by atoms with Crippen LogP contribution in [0.15, 0.2) is 48.8 Å². The standard InChI is InChI=1S/C30H37N9/c1-20(2)22-9-10-24-27(32-22)26(21-8-7-13-31-18-21)34-39(24)19-30(3,4)25-12-11-23-28(33-25)29(35-37(23)6)38-16-14-36(5)15-17-38/h7-13,18,20H,14-17,19H2,1-6H3. The minimum Gasteiger partial charge on any atom is -0.351 e. The lowest BCUT2D eigenvalue weighted by atomic mass is 9.88. The van der Waals surface area contributed by atoms with Crippen molar-refractivity contribution in [3.8, 4) is 11.3 Å². The Bertz CT molecular complexity index is 1620. The van der Waals surface area contributed by atoms with Gasteiger partial charge < -0.3 is 9.80 Å². The van der Waals surface area contributed by atoms with Crippen molar-refractivity contribution >= 4 is 27.9 Å². The van der Waals surface area contributed by atoms with Crippen LogP contribution >= 0.6 is 0 Å². The summed E-state index contributed by atoms with van der Waals surface area (Å²) in [5.74, 6) is 1.31. The molecule has 5 aromatic heterocycles. The number of anilines is 1. The molecule has 1 fully saturated rings. The second kappa shape index (κ2) is 9.72. The van der Waals surface area contributed by atoms with Crippen LogP contribution in [-0.2, 0) is 19.0 Å². The zero-order valence-corrected chi connectivity index (χ0v) is 23.8. The highest BCUT2D eigenvalue weighted by atomic mass is 15.4. The van der Waals surface area contributed by atoms with Crippen LogP contribution in [0.1, 0.15) is 45.0 Å². The van der Waals surface area contributed by atoms with Crippen molar-refractivity contribution < 1.29 is 0 Å². The lowest BCUT2D eigenvalue weighted by Crippen LogP contribution is -2.44. The molecular formula is C30H37N9. The van der Waals surface area contributed by atoms with Crippen molar-refractivity contribution in [3.05, 3.63) is 60.2 Å². The van der Waals surface area contributed by atoms with Crippen LogP contribution in [0.2, 0.25) is 0 Å². The van der Waals surface area contributed by atoms with E-state index < -0.39 is 0 Å². The molecule has 6 rings (SSSR count). The highest BCUT2D eigenvalue weighted by Gasteiger charge is 2.28. The molecule has 1 saturated heterocycles. The minimum atomic E-state index is -0.286. The fraction of sp³-hybridized carbons (Fsp3) is 0.433. The molecule has 0 saturated carbocycles. The first-order chi connectivity index (χ1) is 18.7. The van der Waals surface area contributed by atoms with Crippen molar-refractivity contribution in [1.82, 2.24) is 39.4 Å². The lowest BCUT2D eigenvalue weighted by Gasteiger charge is -2.32. The Balaban J connectivity index is 1.40. The molecule has 0 unspecified atom stereocenters. The first-order valence-electron chi connectivity index (χ1n) is 13.8. The molecule has 9 heteroatoms. The Morgan fingerprint density at radius 3 is 2.36 bits per heavy atom. The van der Waals surface area contributed by atoms with Crippen LogP contribution < -0.4 is 4.90 Å². The number of likely N-dealkylation sites (N-methyl/N-ethyl adjacent to an activating group) is 1. The van der Waals surface area contributed by atoms with E-state index in [-0.39, 0.29) is 5.41 Å². The van der Waals surface area contributed by atoms with Gasteiger partial charge in [0.05, 0.1) is 17.6 Å². The van der Waals surface area contributed by atoms with E-state index in [9.17, 15) is 0 Å². The summed E-state index contributed by atoms with van der Waals surface area (Å²) in [4.78, 5) is 19.3. The average Bonchev–Trinajstić information content (AvgIpc) is 3.46. The molecule has 5 aromatic rings. The summed E-state index contributed by atoms with van der Waals surface area (Å²) < 4.78 is 4.04. The lowest BCUT2D eigenvalue weighted by molar-refractivity contribution is 0.312. The number of piperazine rings is 1. The predicted octanol–water partition coefficient (Wildman–Crippen LogP) is 4.63. The van der Waals surface area contributed by atoms with E-state index in [4.69, 9.17) is 20.2 Å². The van der Waals surface area contributed by atoms with Crippen LogP contribution in [0, 0.1) is 0 Å². The quantitative estimate of drug-likeness (QED) is 0.321. The Morgan fingerprint density at radius 2 is 1.64 bits per heavy atom. The van der Waals surface area contributed by atoms with Gasteiger partial charge in [-0.1, -0.05) is 27.7 Å². The topological polar surface area (TPSA) is 80.8 Å². The van der Waals surface area contributed by atoms with E-state index >= 15 is 0 Å². The molecule has 0 atom stereocenters. The minimum absolute atomic E-state index is 0.286. The van der Waals surface area contributed by atoms with Crippen LogP contribution in [-0.4, -0.2) is 72.6 Å². The van der Waals surface area contributed by atoms with E-state index in [1.165, 1.54) is 0 Å². The number of pyridine rings is 3. The smallest absolute Gasteiger partial charge is 0.177 e. The van der Waals surface area contributed by atoms with E-state index in [2.05, 4.69) is 78.5 Å². The van der Waals surface area contributed by atoms with Gasteiger partial charge in [-0.2, -0.15) is 10.2 Å². The van der Waals surface area contributed by atoms with Gasteiger partial charge >= 0.3 is 0 Å². The SMILES string of the molecule is CC(C)c1ccc2c(n1)c(-c1cccnc1)nn2CC(C)(C)c1ccc2c(n1)c(N1CCN(C)CC1)nn2C. The van der Waals surface area contributed by atoms with Crippen molar-refractivity contribution in [3.63, 3.8) is 0 Å². The van der Waals surface area contributed by atoms with Gasteiger partial charge in [-0.15, -0.1) is 0 Å². The van der Waals surface area contributed by atoms with E-state index in [1.54, 1.807) is 6.20 Å². The zero-order valence-electron chi connectivity index (χ0n) is 23.8. The van der Waals surface area contributed by atoms with Gasteiger partial charge in [0.15, 0.2) is 5.82 Å². The van der Waals surface area contributed by atoms with E-state index in [0.717, 1.165) is 76.7 Å². The summed E-state index contributed by atoms with van der Waals surface area (Å²) in [6, 6.07) is 12.6. The number of fused-ring (bicyclic) bond motifs is 2. The maximum Gasteiger partial charge on any atom is 0.177 e. The highest BCUT2D eigenvalue weighted by molar-refractivity contribution is 5.90. The number of nitrogens with zero attached hydrogens (tertiary/aromatic N) is 9. The van der Waals surface area contributed by atoms with Crippen LogP contribution in [0.3, 0.4) is 0 Å². The molecule has 0 radical (unpaired) electrons. The summed E-state index contributed by atoms with van der Waals surface area (Å²) in [6.45, 7) is 13.4. The van der Waals surface area contributed by atoms with Crippen molar-refractivity contribution in [2.45, 2.75) is 45.6 Å². The van der Waals surface area contributed by atoms with Crippen LogP contribution in [0.4, 0.5) is 5.82 Å². The fourth-order valence-corrected chi connectivity index (χ4v) is 5.40. The summed E-state index contributed by atoms with van der Waals surface area (Å²) >= 11 is 0. The maximum atomic E-state index is 5.24. The summed E-state index contributed by atoms with van der Waals surface area (Å²) in [6.07, 6.45) is 3.65. The van der Waals surface area contributed by atoms with Gasteiger partial charge in [0.1, 0.15) is 16.7 Å². The van der Waals surface area contributed by atoms with Crippen LogP contribution in [0.25, 0.3) is 33.3 Å². The molecule has 0 N–H and O–H groups in total. The van der Waals surface area contributed by atoms with Gasteiger partial charge in [-0.25, -0.2) is 9.97 Å². The number of hydrogen-bond donors (Lipinski definition) is 0. The number of aryl methyl sites for hydroxylation is 1. The predicted molar refractivity (Wildman–Crippen MR) is 156 cm³/mol. The van der Waals surface area contributed by atoms with Gasteiger partial charge in [-0.05, 0) is 49.4 Å². The van der Waals surface area contributed by atoms with E-state index in [1.807, 2.05) is 30.1 Å². The molecule has 1 aliphatic heterocycles. The normalized spacial score (nSPS) is 15.2. The molecular weight excluding hydrogens is 486 g/mol. The number of hydrogen-bond acceptors (Lipinski definition) is 7. The maximum absolute atomic E-state index is 5.24.